The number of allylic oxidation sites excluding steroid dienone is 2. The van der Waals surface area contributed by atoms with Crippen LogP contribution in [0.2, 0.25) is 0 Å². The standard InChI is InChI=1S/C22H16O6/c1-9-5-12-19(16(25)6-9)17(26)8-13(21(12)27)18-10(2)7-11-14(23)3-4-15(24)20(11)22(18)28/h3-7,13,25,28H,8H2,1-2H3. The third-order valence-corrected chi connectivity index (χ3v) is 5.31. The molecule has 2 aromatic carbocycles. The summed E-state index contributed by atoms with van der Waals surface area (Å²) in [4.78, 5) is 50.1. The van der Waals surface area contributed by atoms with Crippen molar-refractivity contribution in [3.63, 3.8) is 0 Å². The summed E-state index contributed by atoms with van der Waals surface area (Å²) in [6.45, 7) is 3.31. The van der Waals surface area contributed by atoms with Crippen LogP contribution in [0.25, 0.3) is 0 Å². The monoisotopic (exact) mass is 376 g/mol. The highest BCUT2D eigenvalue weighted by atomic mass is 16.3. The zero-order valence-corrected chi connectivity index (χ0v) is 15.2. The minimum absolute atomic E-state index is 0.0175. The van der Waals surface area contributed by atoms with Gasteiger partial charge in [-0.05, 0) is 55.3 Å². The molecule has 4 rings (SSSR count). The molecule has 0 bridgehead atoms. The number of carbonyl (C=O) groups excluding carboxylic acids is 4. The van der Waals surface area contributed by atoms with E-state index in [-0.39, 0.29) is 40.0 Å². The fourth-order valence-corrected chi connectivity index (χ4v) is 4.08. The van der Waals surface area contributed by atoms with E-state index in [0.29, 0.717) is 11.1 Å². The maximum absolute atomic E-state index is 13.1. The maximum atomic E-state index is 13.1. The minimum Gasteiger partial charge on any atom is -0.507 e. The van der Waals surface area contributed by atoms with E-state index < -0.39 is 34.8 Å². The lowest BCUT2D eigenvalue weighted by molar-refractivity contribution is 0.0861. The second kappa shape index (κ2) is 5.99. The van der Waals surface area contributed by atoms with Gasteiger partial charge in [-0.15, -0.1) is 0 Å². The molecule has 1 atom stereocenters. The first-order valence-electron chi connectivity index (χ1n) is 8.75. The number of rotatable bonds is 1. The zero-order valence-electron chi connectivity index (χ0n) is 15.2. The van der Waals surface area contributed by atoms with E-state index in [4.69, 9.17) is 0 Å². The van der Waals surface area contributed by atoms with Crippen molar-refractivity contribution in [2.24, 2.45) is 0 Å². The molecule has 0 heterocycles. The lowest BCUT2D eigenvalue weighted by atomic mass is 9.74. The molecule has 0 saturated carbocycles. The Labute approximate surface area is 160 Å². The number of phenolic OH excluding ortho intramolecular Hbond substituents is 2. The molecule has 6 heteroatoms. The summed E-state index contributed by atoms with van der Waals surface area (Å²) in [6.07, 6.45) is 1.97. The highest BCUT2D eigenvalue weighted by molar-refractivity contribution is 6.24. The SMILES string of the molecule is Cc1cc(O)c2c(c1)C(=O)C(c1c(C)cc3c(c1O)C(=O)C=CC3=O)CC2=O. The lowest BCUT2D eigenvalue weighted by Gasteiger charge is -2.27. The van der Waals surface area contributed by atoms with Crippen molar-refractivity contribution >= 4 is 23.1 Å². The van der Waals surface area contributed by atoms with Crippen molar-refractivity contribution in [1.29, 1.82) is 0 Å². The molecule has 0 saturated heterocycles. The Morgan fingerprint density at radius 1 is 0.857 bits per heavy atom. The molecular formula is C22H16O6. The van der Waals surface area contributed by atoms with Crippen molar-refractivity contribution in [2.45, 2.75) is 26.2 Å². The zero-order chi connectivity index (χ0) is 20.3. The van der Waals surface area contributed by atoms with E-state index in [2.05, 4.69) is 0 Å². The smallest absolute Gasteiger partial charge is 0.190 e. The van der Waals surface area contributed by atoms with Crippen molar-refractivity contribution in [2.75, 3.05) is 0 Å². The number of Topliss-reactive ketones (excluding diaryl/α,β-unsaturated/α-hetero) is 2. The van der Waals surface area contributed by atoms with Crippen LogP contribution in [0.5, 0.6) is 11.5 Å². The fraction of sp³-hybridized carbons (Fsp3) is 0.182. The lowest BCUT2D eigenvalue weighted by Crippen LogP contribution is -2.27. The Hall–Kier alpha value is -3.54. The van der Waals surface area contributed by atoms with Gasteiger partial charge < -0.3 is 10.2 Å². The number of hydrogen-bond acceptors (Lipinski definition) is 6. The third kappa shape index (κ3) is 2.41. The van der Waals surface area contributed by atoms with Gasteiger partial charge >= 0.3 is 0 Å². The van der Waals surface area contributed by atoms with E-state index in [1.165, 1.54) is 18.2 Å². The molecule has 0 aliphatic heterocycles. The van der Waals surface area contributed by atoms with Gasteiger partial charge in [0, 0.05) is 23.1 Å². The number of benzene rings is 2. The molecule has 2 aliphatic carbocycles. The van der Waals surface area contributed by atoms with Gasteiger partial charge in [0.2, 0.25) is 0 Å². The summed E-state index contributed by atoms with van der Waals surface area (Å²) in [6, 6.07) is 4.42. The van der Waals surface area contributed by atoms with Gasteiger partial charge in [-0.1, -0.05) is 0 Å². The molecule has 28 heavy (non-hydrogen) atoms. The van der Waals surface area contributed by atoms with Crippen LogP contribution in [0.1, 0.15) is 70.5 Å². The molecule has 2 aromatic rings. The van der Waals surface area contributed by atoms with Gasteiger partial charge in [0.15, 0.2) is 23.1 Å². The maximum Gasteiger partial charge on any atom is 0.190 e. The van der Waals surface area contributed by atoms with Crippen LogP contribution >= 0.6 is 0 Å². The van der Waals surface area contributed by atoms with E-state index in [9.17, 15) is 29.4 Å². The van der Waals surface area contributed by atoms with E-state index in [1.807, 2.05) is 0 Å². The molecule has 2 aliphatic rings. The molecule has 0 fully saturated rings. The number of aryl methyl sites for hydroxylation is 2. The van der Waals surface area contributed by atoms with Crippen molar-refractivity contribution in [1.82, 2.24) is 0 Å². The number of phenols is 2. The number of fused-ring (bicyclic) bond motifs is 2. The number of hydrogen-bond donors (Lipinski definition) is 2. The quantitative estimate of drug-likeness (QED) is 0.791. The van der Waals surface area contributed by atoms with Crippen LogP contribution in [-0.4, -0.2) is 33.3 Å². The van der Waals surface area contributed by atoms with Crippen molar-refractivity contribution in [3.8, 4) is 11.5 Å². The largest absolute Gasteiger partial charge is 0.507 e. The van der Waals surface area contributed by atoms with Crippen LogP contribution in [-0.2, 0) is 0 Å². The predicted molar refractivity (Wildman–Crippen MR) is 99.5 cm³/mol. The molecule has 2 N–H and O–H groups in total. The Morgan fingerprint density at radius 2 is 1.54 bits per heavy atom. The molecular weight excluding hydrogens is 360 g/mol. The van der Waals surface area contributed by atoms with Gasteiger partial charge in [-0.25, -0.2) is 0 Å². The number of carbonyl (C=O) groups is 4. The molecule has 0 amide bonds. The summed E-state index contributed by atoms with van der Waals surface area (Å²) in [5.74, 6) is -3.46. The summed E-state index contributed by atoms with van der Waals surface area (Å²) >= 11 is 0. The molecule has 0 aromatic heterocycles. The number of ketones is 4. The van der Waals surface area contributed by atoms with Gasteiger partial charge in [-0.3, -0.25) is 19.2 Å². The summed E-state index contributed by atoms with van der Waals surface area (Å²) < 4.78 is 0. The first kappa shape index (κ1) is 17.9. The first-order valence-corrected chi connectivity index (χ1v) is 8.75. The van der Waals surface area contributed by atoms with Gasteiger partial charge in [0.05, 0.1) is 17.0 Å². The minimum atomic E-state index is -1.000. The first-order chi connectivity index (χ1) is 13.2. The second-order valence-electron chi connectivity index (χ2n) is 7.19. The predicted octanol–water partition coefficient (Wildman–Crippen LogP) is 3.20. The van der Waals surface area contributed by atoms with E-state index in [0.717, 1.165) is 12.2 Å². The topological polar surface area (TPSA) is 109 Å². The average Bonchev–Trinajstić information content (AvgIpc) is 2.61. The highest BCUT2D eigenvalue weighted by Gasteiger charge is 2.39. The van der Waals surface area contributed by atoms with Gasteiger partial charge in [0.25, 0.3) is 0 Å². The highest BCUT2D eigenvalue weighted by Crippen LogP contribution is 2.43. The van der Waals surface area contributed by atoms with Crippen molar-refractivity contribution < 1.29 is 29.4 Å². The Kier molecular flexibility index (Phi) is 3.82. The molecule has 140 valence electrons. The normalized spacial score (nSPS) is 18.3. The second-order valence-corrected chi connectivity index (χ2v) is 7.19. The Balaban J connectivity index is 1.93. The van der Waals surface area contributed by atoms with Crippen molar-refractivity contribution in [3.05, 3.63) is 69.3 Å². The van der Waals surface area contributed by atoms with Crippen LogP contribution in [0.4, 0.5) is 0 Å². The molecule has 6 nitrogen and oxygen atoms in total. The Bertz CT molecular complexity index is 1150. The summed E-state index contributed by atoms with van der Waals surface area (Å²) in [5, 5.41) is 20.9. The molecule has 0 spiro atoms. The summed E-state index contributed by atoms with van der Waals surface area (Å²) in [5.41, 5.74) is 1.24. The number of aromatic hydroxyl groups is 2. The summed E-state index contributed by atoms with van der Waals surface area (Å²) in [7, 11) is 0. The van der Waals surface area contributed by atoms with Crippen LogP contribution in [0, 0.1) is 13.8 Å². The van der Waals surface area contributed by atoms with E-state index in [1.54, 1.807) is 13.8 Å². The van der Waals surface area contributed by atoms with Gasteiger partial charge in [-0.2, -0.15) is 0 Å². The third-order valence-electron chi connectivity index (χ3n) is 5.31. The molecule has 0 radical (unpaired) electrons. The van der Waals surface area contributed by atoms with Crippen LogP contribution < -0.4 is 0 Å². The van der Waals surface area contributed by atoms with Crippen LogP contribution in [0.15, 0.2) is 30.4 Å². The van der Waals surface area contributed by atoms with Crippen LogP contribution in [0.3, 0.4) is 0 Å². The van der Waals surface area contributed by atoms with E-state index >= 15 is 0 Å². The fourth-order valence-electron chi connectivity index (χ4n) is 4.08. The Morgan fingerprint density at radius 3 is 2.25 bits per heavy atom. The average molecular weight is 376 g/mol. The molecule has 1 unspecified atom stereocenters. The van der Waals surface area contributed by atoms with Gasteiger partial charge in [0.1, 0.15) is 11.5 Å².